The van der Waals surface area contributed by atoms with Crippen LogP contribution in [0.4, 0.5) is 0 Å². The molecule has 0 aliphatic carbocycles. The Balaban J connectivity index is 2.46. The van der Waals surface area contributed by atoms with Gasteiger partial charge in [0.1, 0.15) is 12.2 Å². The predicted molar refractivity (Wildman–Crippen MR) is 78.0 cm³/mol. The molecular formula is C12H17N2O8P. The minimum atomic E-state index is -4.37. The van der Waals surface area contributed by atoms with E-state index in [-0.39, 0.29) is 6.61 Å². The van der Waals surface area contributed by atoms with Crippen LogP contribution in [0.1, 0.15) is 0 Å². The summed E-state index contributed by atoms with van der Waals surface area (Å²) >= 11 is 0. The van der Waals surface area contributed by atoms with Crippen molar-refractivity contribution in [1.29, 1.82) is 0 Å². The minimum Gasteiger partial charge on any atom is -0.373 e. The first kappa shape index (κ1) is 17.8. The average molecular weight is 348 g/mol. The molecular weight excluding hydrogens is 331 g/mol. The third kappa shape index (κ3) is 3.52. The first-order chi connectivity index (χ1) is 10.7. The molecule has 3 N–H and O–H groups in total. The molecule has 1 aliphatic rings. The van der Waals surface area contributed by atoms with E-state index in [0.717, 1.165) is 16.7 Å². The third-order valence-corrected chi connectivity index (χ3v) is 4.10. The zero-order valence-corrected chi connectivity index (χ0v) is 13.3. The van der Waals surface area contributed by atoms with E-state index in [0.29, 0.717) is 5.82 Å². The number of ether oxygens (including phenoxy) is 3. The van der Waals surface area contributed by atoms with Gasteiger partial charge in [0, 0.05) is 32.3 Å². The van der Waals surface area contributed by atoms with Gasteiger partial charge in [-0.25, -0.2) is 4.79 Å². The zero-order chi connectivity index (χ0) is 17.3. The van der Waals surface area contributed by atoms with Crippen LogP contribution in [0, 0.1) is 0 Å². The summed E-state index contributed by atoms with van der Waals surface area (Å²) in [6.07, 6.45) is 0.673. The highest BCUT2D eigenvalue weighted by Crippen LogP contribution is 2.39. The topological polar surface area (TPSA) is 140 Å². The fourth-order valence-electron chi connectivity index (χ4n) is 2.51. The van der Waals surface area contributed by atoms with Crippen molar-refractivity contribution < 1.29 is 28.6 Å². The molecule has 11 heteroatoms. The van der Waals surface area contributed by atoms with E-state index < -0.39 is 36.8 Å². The van der Waals surface area contributed by atoms with Crippen molar-refractivity contribution in [3.05, 3.63) is 45.0 Å². The van der Waals surface area contributed by atoms with Gasteiger partial charge in [-0.15, -0.1) is 0 Å². The van der Waals surface area contributed by atoms with Crippen LogP contribution in [0.5, 0.6) is 0 Å². The molecule has 0 spiro atoms. The summed E-state index contributed by atoms with van der Waals surface area (Å²) in [6, 6.07) is 1.15. The van der Waals surface area contributed by atoms with Crippen LogP contribution in [0.25, 0.3) is 0 Å². The second-order valence-corrected chi connectivity index (χ2v) is 6.37. The lowest BCUT2D eigenvalue weighted by Gasteiger charge is -2.33. The van der Waals surface area contributed by atoms with Crippen LogP contribution in [0.2, 0.25) is 0 Å². The highest BCUT2D eigenvalue weighted by Gasteiger charge is 2.52. The van der Waals surface area contributed by atoms with Crippen LogP contribution in [-0.2, 0) is 24.5 Å². The molecule has 0 saturated carbocycles. The molecule has 2 heterocycles. The Morgan fingerprint density at radius 1 is 1.48 bits per heavy atom. The third-order valence-electron chi connectivity index (χ3n) is 3.53. The largest absolute Gasteiger partial charge is 0.373 e. The fraction of sp³-hybridized carbons (Fsp3) is 0.500. The van der Waals surface area contributed by atoms with Gasteiger partial charge in [0.2, 0.25) is 5.72 Å². The number of aromatic amines is 1. The second kappa shape index (κ2) is 6.52. The Morgan fingerprint density at radius 2 is 2.17 bits per heavy atom. The molecule has 1 aromatic rings. The molecule has 2 unspecified atom stereocenters. The molecule has 1 saturated heterocycles. The molecule has 1 aromatic heterocycles. The maximum atomic E-state index is 12.1. The van der Waals surface area contributed by atoms with E-state index in [9.17, 15) is 14.2 Å². The molecule has 1 fully saturated rings. The standard InChI is InChI=1S/C12H17N2O8P/c1-20-10-8(4-6-23(17,18)19)22-7-12(10,21-2)14-5-3-9(15)13-11(14)16/h3-6,8,10H,7H2,1-2H3,(H,13,15,16)(H2,17,18,19)/b6-4+/t8-,10?,12?/m1/s1. The molecule has 23 heavy (non-hydrogen) atoms. The summed E-state index contributed by atoms with van der Waals surface area (Å²) in [5.41, 5.74) is -2.67. The van der Waals surface area contributed by atoms with Crippen LogP contribution in [0.3, 0.4) is 0 Å². The molecule has 10 nitrogen and oxygen atoms in total. The van der Waals surface area contributed by atoms with E-state index in [4.69, 9.17) is 24.0 Å². The molecule has 128 valence electrons. The average Bonchev–Trinajstić information content (AvgIpc) is 2.83. The maximum Gasteiger partial charge on any atom is 0.348 e. The van der Waals surface area contributed by atoms with Crippen molar-refractivity contribution in [3.8, 4) is 0 Å². The van der Waals surface area contributed by atoms with E-state index in [1.165, 1.54) is 20.4 Å². The number of hydrogen-bond acceptors (Lipinski definition) is 6. The van der Waals surface area contributed by atoms with Crippen LogP contribution in [-0.4, -0.2) is 52.4 Å². The van der Waals surface area contributed by atoms with Crippen LogP contribution < -0.4 is 11.2 Å². The maximum absolute atomic E-state index is 12.1. The van der Waals surface area contributed by atoms with Gasteiger partial charge in [-0.3, -0.25) is 18.9 Å². The lowest BCUT2D eigenvalue weighted by atomic mass is 10.0. The first-order valence-corrected chi connectivity index (χ1v) is 8.18. The normalized spacial score (nSPS) is 28.5. The smallest absolute Gasteiger partial charge is 0.348 e. The summed E-state index contributed by atoms with van der Waals surface area (Å²) in [7, 11) is -1.68. The SMILES string of the molecule is COC1[C@@H](/C=C/P(=O)(O)O)OCC1(OC)n1ccc(=O)[nH]c1=O. The van der Waals surface area contributed by atoms with Crippen molar-refractivity contribution >= 4 is 7.60 Å². The van der Waals surface area contributed by atoms with Gasteiger partial charge in [0.05, 0.1) is 6.61 Å². The van der Waals surface area contributed by atoms with E-state index in [1.807, 2.05) is 0 Å². The Labute approximate surface area is 130 Å². The molecule has 0 radical (unpaired) electrons. The highest BCUT2D eigenvalue weighted by molar-refractivity contribution is 7.55. The van der Waals surface area contributed by atoms with Gasteiger partial charge in [0.15, 0.2) is 0 Å². The molecule has 2 rings (SSSR count). The quantitative estimate of drug-likeness (QED) is 0.572. The van der Waals surface area contributed by atoms with Gasteiger partial charge in [-0.05, 0) is 6.08 Å². The summed E-state index contributed by atoms with van der Waals surface area (Å²) in [5, 5.41) is 0. The summed E-state index contributed by atoms with van der Waals surface area (Å²) in [4.78, 5) is 43.2. The molecule has 0 bridgehead atoms. The highest BCUT2D eigenvalue weighted by atomic mass is 31.2. The van der Waals surface area contributed by atoms with Gasteiger partial charge in [-0.1, -0.05) is 0 Å². The van der Waals surface area contributed by atoms with E-state index in [1.54, 1.807) is 0 Å². The summed E-state index contributed by atoms with van der Waals surface area (Å²) in [5.74, 6) is 0.699. The van der Waals surface area contributed by atoms with Crippen molar-refractivity contribution in [1.82, 2.24) is 9.55 Å². The lowest BCUT2D eigenvalue weighted by Crippen LogP contribution is -2.54. The van der Waals surface area contributed by atoms with Gasteiger partial charge in [-0.2, -0.15) is 0 Å². The Morgan fingerprint density at radius 3 is 2.70 bits per heavy atom. The van der Waals surface area contributed by atoms with Crippen LogP contribution >= 0.6 is 7.60 Å². The van der Waals surface area contributed by atoms with Gasteiger partial charge >= 0.3 is 13.3 Å². The number of rotatable bonds is 5. The number of nitrogens with one attached hydrogen (secondary N) is 1. The first-order valence-electron chi connectivity index (χ1n) is 6.50. The molecule has 3 atom stereocenters. The van der Waals surface area contributed by atoms with Gasteiger partial charge in [0.25, 0.3) is 5.56 Å². The van der Waals surface area contributed by atoms with Gasteiger partial charge < -0.3 is 24.0 Å². The number of hydrogen-bond donors (Lipinski definition) is 3. The van der Waals surface area contributed by atoms with Crippen molar-refractivity contribution in [2.75, 3.05) is 20.8 Å². The summed E-state index contributed by atoms with van der Waals surface area (Å²) < 4.78 is 28.3. The Hall–Kier alpha value is -1.55. The fourth-order valence-corrected chi connectivity index (χ4v) is 2.90. The lowest BCUT2D eigenvalue weighted by molar-refractivity contribution is -0.150. The number of nitrogens with zero attached hydrogens (tertiary/aromatic N) is 1. The zero-order valence-electron chi connectivity index (χ0n) is 12.4. The summed E-state index contributed by atoms with van der Waals surface area (Å²) in [6.45, 7) is -0.121. The van der Waals surface area contributed by atoms with E-state index >= 15 is 0 Å². The molecule has 0 amide bonds. The Bertz CT molecular complexity index is 750. The monoisotopic (exact) mass is 348 g/mol. The number of H-pyrrole nitrogens is 1. The minimum absolute atomic E-state index is 0.121. The van der Waals surface area contributed by atoms with Crippen LogP contribution in [0.15, 0.2) is 33.7 Å². The van der Waals surface area contributed by atoms with E-state index in [2.05, 4.69) is 4.98 Å². The molecule has 1 aliphatic heterocycles. The Kier molecular flexibility index (Phi) is 5.04. The van der Waals surface area contributed by atoms with Crippen molar-refractivity contribution in [2.24, 2.45) is 0 Å². The van der Waals surface area contributed by atoms with Crippen molar-refractivity contribution in [2.45, 2.75) is 17.9 Å². The number of methoxy groups -OCH3 is 2. The predicted octanol–water partition coefficient (Wildman–Crippen LogP) is -1.06. The second-order valence-electron chi connectivity index (χ2n) is 4.89. The van der Waals surface area contributed by atoms with Crippen molar-refractivity contribution in [3.63, 3.8) is 0 Å². The molecule has 0 aromatic carbocycles. The number of aromatic nitrogens is 2.